The van der Waals surface area contributed by atoms with Gasteiger partial charge in [0.05, 0.1) is 5.41 Å². The number of fused-ring (bicyclic) bond motifs is 5. The van der Waals surface area contributed by atoms with Gasteiger partial charge in [0, 0.05) is 22.6 Å². The van der Waals surface area contributed by atoms with Crippen molar-refractivity contribution in [3.8, 4) is 5.75 Å². The van der Waals surface area contributed by atoms with Crippen molar-refractivity contribution in [3.63, 3.8) is 0 Å². The van der Waals surface area contributed by atoms with E-state index in [0.29, 0.717) is 23.3 Å². The third-order valence-corrected chi connectivity index (χ3v) is 7.68. The Labute approximate surface area is 197 Å². The van der Waals surface area contributed by atoms with Gasteiger partial charge in [-0.05, 0) is 23.3 Å². The van der Waals surface area contributed by atoms with Gasteiger partial charge in [-0.15, -0.1) is 0 Å². The maximum atomic E-state index is 14.2. The maximum Gasteiger partial charge on any atom is 0.327 e. The first kappa shape index (κ1) is 20.5. The van der Waals surface area contributed by atoms with Crippen LogP contribution >= 0.6 is 0 Å². The number of Topliss-reactive ketones (excluding diaryl/α,β-unsaturated/α-hetero) is 2. The van der Waals surface area contributed by atoms with E-state index in [9.17, 15) is 14.4 Å². The lowest BCUT2D eigenvalue weighted by atomic mass is 9.79. The van der Waals surface area contributed by atoms with Gasteiger partial charge in [-0.25, -0.2) is 0 Å². The second kappa shape index (κ2) is 7.22. The molecule has 0 amide bonds. The molecule has 1 aliphatic heterocycles. The zero-order valence-electron chi connectivity index (χ0n) is 18.7. The van der Waals surface area contributed by atoms with Gasteiger partial charge >= 0.3 is 5.97 Å². The third kappa shape index (κ3) is 2.40. The van der Waals surface area contributed by atoms with Crippen LogP contribution in [0, 0.1) is 10.8 Å². The number of rotatable bonds is 5. The van der Waals surface area contributed by atoms with Gasteiger partial charge in [0.25, 0.3) is 0 Å². The topological polar surface area (TPSA) is 60.4 Å². The molecule has 1 fully saturated rings. The average molecular weight is 447 g/mol. The first-order valence-electron chi connectivity index (χ1n) is 11.5. The summed E-state index contributed by atoms with van der Waals surface area (Å²) in [4.78, 5) is 42.2. The Morgan fingerprint density at radius 2 is 1.35 bits per heavy atom. The van der Waals surface area contributed by atoms with Gasteiger partial charge in [0.2, 0.25) is 0 Å². The van der Waals surface area contributed by atoms with Crippen LogP contribution in [0.15, 0.2) is 97.1 Å². The average Bonchev–Trinajstić information content (AvgIpc) is 3.54. The van der Waals surface area contributed by atoms with Crippen LogP contribution < -0.4 is 4.74 Å². The van der Waals surface area contributed by atoms with E-state index in [2.05, 4.69) is 0 Å². The molecule has 4 aromatic carbocycles. The smallest absolute Gasteiger partial charge is 0.327 e. The van der Waals surface area contributed by atoms with Crippen molar-refractivity contribution in [1.82, 2.24) is 0 Å². The second-order valence-electron chi connectivity index (χ2n) is 9.04. The standard InChI is InChI=1S/C30H22O4/c1-2-29(26(31)20-12-5-3-6-13-20)25-24-22-16-10-9-11-19(22)17-18-23(24)34-28(33)30(25,29)27(32)21-14-7-4-8-15-21/h3-18,25H,2H2,1H3/t25-,29-,30-/m0/s1. The molecule has 0 bridgehead atoms. The maximum absolute atomic E-state index is 14.2. The van der Waals surface area contributed by atoms with Crippen LogP contribution in [0.3, 0.4) is 0 Å². The molecule has 1 heterocycles. The number of carbonyl (C=O) groups is 3. The van der Waals surface area contributed by atoms with E-state index in [1.165, 1.54) is 0 Å². The van der Waals surface area contributed by atoms with Crippen LogP contribution in [0.2, 0.25) is 0 Å². The molecule has 0 saturated heterocycles. The van der Waals surface area contributed by atoms with Crippen LogP contribution in [0.25, 0.3) is 10.8 Å². The molecule has 0 spiro atoms. The summed E-state index contributed by atoms with van der Waals surface area (Å²) in [7, 11) is 0. The Morgan fingerprint density at radius 3 is 2.00 bits per heavy atom. The summed E-state index contributed by atoms with van der Waals surface area (Å²) in [6, 6.07) is 29.2. The molecule has 4 heteroatoms. The van der Waals surface area contributed by atoms with Crippen molar-refractivity contribution in [3.05, 3.63) is 114 Å². The van der Waals surface area contributed by atoms with Crippen LogP contribution in [0.4, 0.5) is 0 Å². The van der Waals surface area contributed by atoms with Gasteiger partial charge in [-0.2, -0.15) is 0 Å². The fourth-order valence-electron chi connectivity index (χ4n) is 6.18. The Balaban J connectivity index is 1.67. The van der Waals surface area contributed by atoms with Crippen LogP contribution in [0.5, 0.6) is 5.75 Å². The van der Waals surface area contributed by atoms with Crippen molar-refractivity contribution in [2.75, 3.05) is 0 Å². The minimum absolute atomic E-state index is 0.192. The predicted molar refractivity (Wildman–Crippen MR) is 129 cm³/mol. The van der Waals surface area contributed by atoms with Gasteiger partial charge in [0.15, 0.2) is 17.0 Å². The van der Waals surface area contributed by atoms with Crippen molar-refractivity contribution < 1.29 is 19.1 Å². The second-order valence-corrected chi connectivity index (χ2v) is 9.04. The van der Waals surface area contributed by atoms with Crippen molar-refractivity contribution in [1.29, 1.82) is 0 Å². The van der Waals surface area contributed by atoms with Gasteiger partial charge < -0.3 is 4.74 Å². The van der Waals surface area contributed by atoms with E-state index in [-0.39, 0.29) is 11.6 Å². The number of benzene rings is 4. The zero-order chi connectivity index (χ0) is 23.5. The van der Waals surface area contributed by atoms with Gasteiger partial charge in [-0.3, -0.25) is 14.4 Å². The lowest BCUT2D eigenvalue weighted by Crippen LogP contribution is -2.39. The van der Waals surface area contributed by atoms with Crippen molar-refractivity contribution >= 4 is 28.3 Å². The molecule has 4 aromatic rings. The lowest BCUT2D eigenvalue weighted by Gasteiger charge is -2.24. The minimum Gasteiger partial charge on any atom is -0.425 e. The number of carbonyl (C=O) groups excluding carboxylic acids is 3. The van der Waals surface area contributed by atoms with Crippen LogP contribution in [-0.2, 0) is 4.79 Å². The van der Waals surface area contributed by atoms with E-state index in [1.807, 2.05) is 49.4 Å². The van der Waals surface area contributed by atoms with Crippen LogP contribution in [0.1, 0.15) is 45.5 Å². The van der Waals surface area contributed by atoms with E-state index in [0.717, 1.165) is 16.3 Å². The normalized spacial score (nSPS) is 24.6. The van der Waals surface area contributed by atoms with E-state index < -0.39 is 22.7 Å². The quantitative estimate of drug-likeness (QED) is 0.163. The summed E-state index contributed by atoms with van der Waals surface area (Å²) in [6.07, 6.45) is 0.335. The highest BCUT2D eigenvalue weighted by Crippen LogP contribution is 2.81. The highest BCUT2D eigenvalue weighted by Gasteiger charge is 2.89. The number of hydrogen-bond acceptors (Lipinski definition) is 4. The Kier molecular flexibility index (Phi) is 4.37. The van der Waals surface area contributed by atoms with Crippen LogP contribution in [-0.4, -0.2) is 17.5 Å². The van der Waals surface area contributed by atoms with E-state index >= 15 is 0 Å². The summed E-state index contributed by atoms with van der Waals surface area (Å²) in [6.45, 7) is 1.89. The SMILES string of the molecule is CC[C@@]1(C(=O)c2ccccc2)[C@@H]2c3c(ccc4ccccc34)OC(=O)[C@@]21C(=O)c1ccccc1. The molecule has 3 atom stereocenters. The number of esters is 1. The highest BCUT2D eigenvalue weighted by molar-refractivity contribution is 6.26. The third-order valence-electron chi connectivity index (χ3n) is 7.68. The molecule has 1 saturated carbocycles. The molecule has 0 radical (unpaired) electrons. The van der Waals surface area contributed by atoms with Crippen molar-refractivity contribution in [2.24, 2.45) is 10.8 Å². The largest absolute Gasteiger partial charge is 0.425 e. The number of ether oxygens (including phenoxy) is 1. The summed E-state index contributed by atoms with van der Waals surface area (Å²) < 4.78 is 5.87. The van der Waals surface area contributed by atoms with Crippen molar-refractivity contribution in [2.45, 2.75) is 19.3 Å². The van der Waals surface area contributed by atoms with E-state index in [1.54, 1.807) is 54.6 Å². The number of ketones is 2. The van der Waals surface area contributed by atoms with Gasteiger partial charge in [-0.1, -0.05) is 97.9 Å². The fourth-order valence-corrected chi connectivity index (χ4v) is 6.18. The molecule has 0 aromatic heterocycles. The minimum atomic E-state index is -1.60. The monoisotopic (exact) mass is 446 g/mol. The summed E-state index contributed by atoms with van der Waals surface area (Å²) in [5, 5.41) is 1.88. The lowest BCUT2D eigenvalue weighted by molar-refractivity contribution is -0.140. The first-order chi connectivity index (χ1) is 16.6. The number of hydrogen-bond donors (Lipinski definition) is 0. The zero-order valence-corrected chi connectivity index (χ0v) is 18.7. The molecule has 166 valence electrons. The molecule has 6 rings (SSSR count). The molecule has 34 heavy (non-hydrogen) atoms. The van der Waals surface area contributed by atoms with Gasteiger partial charge in [0.1, 0.15) is 5.75 Å². The molecular formula is C30H22O4. The summed E-state index contributed by atoms with van der Waals surface area (Å²) in [5.74, 6) is -1.36. The molecule has 4 nitrogen and oxygen atoms in total. The summed E-state index contributed by atoms with van der Waals surface area (Å²) >= 11 is 0. The Hall–Kier alpha value is -4.05. The predicted octanol–water partition coefficient (Wildman–Crippen LogP) is 6.00. The first-order valence-corrected chi connectivity index (χ1v) is 11.5. The Bertz CT molecular complexity index is 1470. The molecular weight excluding hydrogens is 424 g/mol. The molecule has 2 aliphatic rings. The van der Waals surface area contributed by atoms with E-state index in [4.69, 9.17) is 4.74 Å². The molecule has 0 unspecified atom stereocenters. The Morgan fingerprint density at radius 1 is 0.765 bits per heavy atom. The summed E-state index contributed by atoms with van der Waals surface area (Å²) in [5.41, 5.74) is -1.16. The molecule has 1 aliphatic carbocycles. The fraction of sp³-hybridized carbons (Fsp3) is 0.167. The molecule has 0 N–H and O–H groups in total. The highest BCUT2D eigenvalue weighted by atomic mass is 16.5.